The van der Waals surface area contributed by atoms with Crippen LogP contribution in [-0.2, 0) is 12.0 Å². The van der Waals surface area contributed by atoms with E-state index in [0.29, 0.717) is 6.42 Å². The highest BCUT2D eigenvalue weighted by molar-refractivity contribution is 5.26. The molecule has 0 aromatic heterocycles. The van der Waals surface area contributed by atoms with Crippen LogP contribution in [0.4, 0.5) is 0 Å². The summed E-state index contributed by atoms with van der Waals surface area (Å²) in [6, 6.07) is 7.37. The maximum atomic E-state index is 9.72. The van der Waals surface area contributed by atoms with Gasteiger partial charge in [0.05, 0.1) is 18.3 Å². The molecular formula is C12H18O3. The average molecular weight is 210 g/mol. The first-order valence-electron chi connectivity index (χ1n) is 5.04. The normalized spacial score (nSPS) is 13.9. The Bertz CT molecular complexity index is 298. The van der Waals surface area contributed by atoms with Crippen LogP contribution in [0.15, 0.2) is 24.3 Å². The Morgan fingerprint density at radius 2 is 1.73 bits per heavy atom. The molecule has 0 spiro atoms. The van der Waals surface area contributed by atoms with Crippen LogP contribution in [0, 0.1) is 0 Å². The lowest BCUT2D eigenvalue weighted by Crippen LogP contribution is -2.17. The predicted molar refractivity (Wildman–Crippen MR) is 58.5 cm³/mol. The van der Waals surface area contributed by atoms with E-state index in [-0.39, 0.29) is 6.61 Å². The van der Waals surface area contributed by atoms with Gasteiger partial charge in [-0.3, -0.25) is 0 Å². The third kappa shape index (κ3) is 3.63. The third-order valence-corrected chi connectivity index (χ3v) is 2.34. The summed E-state index contributed by atoms with van der Waals surface area (Å²) in [5.41, 5.74) is 0.947. The van der Waals surface area contributed by atoms with Crippen molar-refractivity contribution in [2.75, 3.05) is 6.61 Å². The molecule has 0 fully saturated rings. The second-order valence-corrected chi connectivity index (χ2v) is 4.30. The molecule has 3 nitrogen and oxygen atoms in total. The van der Waals surface area contributed by atoms with Gasteiger partial charge in [-0.1, -0.05) is 24.3 Å². The van der Waals surface area contributed by atoms with E-state index < -0.39 is 11.7 Å². The summed E-state index contributed by atoms with van der Waals surface area (Å²) in [6.07, 6.45) is -0.277. The fourth-order valence-electron chi connectivity index (χ4n) is 1.39. The summed E-state index contributed by atoms with van der Waals surface area (Å²) in [5, 5.41) is 27.6. The van der Waals surface area contributed by atoms with Gasteiger partial charge < -0.3 is 15.3 Å². The number of hydrogen-bond donors (Lipinski definition) is 3. The smallest absolute Gasteiger partial charge is 0.0840 e. The highest BCUT2D eigenvalue weighted by atomic mass is 16.3. The van der Waals surface area contributed by atoms with Gasteiger partial charge in [0.15, 0.2) is 0 Å². The molecule has 0 aliphatic carbocycles. The Balaban J connectivity index is 2.73. The molecule has 1 atom stereocenters. The maximum Gasteiger partial charge on any atom is 0.0840 e. The first-order chi connectivity index (χ1) is 6.93. The fraction of sp³-hybridized carbons (Fsp3) is 0.500. The second kappa shape index (κ2) is 4.75. The zero-order valence-corrected chi connectivity index (χ0v) is 9.14. The van der Waals surface area contributed by atoms with Crippen LogP contribution in [0.3, 0.4) is 0 Å². The van der Waals surface area contributed by atoms with Crippen molar-refractivity contribution >= 4 is 0 Å². The Hall–Kier alpha value is -0.900. The molecule has 0 unspecified atom stereocenters. The van der Waals surface area contributed by atoms with E-state index in [1.807, 2.05) is 24.3 Å². The molecule has 1 aromatic carbocycles. The average Bonchev–Trinajstić information content (AvgIpc) is 2.17. The van der Waals surface area contributed by atoms with Gasteiger partial charge in [0.25, 0.3) is 0 Å². The van der Waals surface area contributed by atoms with Gasteiger partial charge in [-0.25, -0.2) is 0 Å². The van der Waals surface area contributed by atoms with Gasteiger partial charge in [-0.2, -0.15) is 0 Å². The molecule has 0 aliphatic rings. The van der Waals surface area contributed by atoms with Gasteiger partial charge in [0.1, 0.15) is 0 Å². The van der Waals surface area contributed by atoms with Crippen molar-refractivity contribution in [3.05, 3.63) is 35.4 Å². The van der Waals surface area contributed by atoms with E-state index >= 15 is 0 Å². The minimum atomic E-state index is -0.839. The van der Waals surface area contributed by atoms with Crippen LogP contribution >= 0.6 is 0 Å². The van der Waals surface area contributed by atoms with E-state index in [4.69, 9.17) is 5.11 Å². The van der Waals surface area contributed by atoms with Crippen molar-refractivity contribution in [2.45, 2.75) is 32.0 Å². The molecule has 0 bridgehead atoms. The van der Waals surface area contributed by atoms with Crippen LogP contribution < -0.4 is 0 Å². The van der Waals surface area contributed by atoms with Crippen LogP contribution in [0.1, 0.15) is 25.0 Å². The molecule has 0 radical (unpaired) electrons. The fourth-order valence-corrected chi connectivity index (χ4v) is 1.39. The highest BCUT2D eigenvalue weighted by Crippen LogP contribution is 2.19. The van der Waals surface area contributed by atoms with Crippen molar-refractivity contribution in [1.82, 2.24) is 0 Å². The predicted octanol–water partition coefficient (Wildman–Crippen LogP) is 0.810. The Morgan fingerprint density at radius 3 is 2.13 bits per heavy atom. The van der Waals surface area contributed by atoms with E-state index in [1.54, 1.807) is 13.8 Å². The lowest BCUT2D eigenvalue weighted by atomic mass is 9.96. The molecule has 0 saturated heterocycles. The first-order valence-corrected chi connectivity index (χ1v) is 5.04. The largest absolute Gasteiger partial charge is 0.394 e. The van der Waals surface area contributed by atoms with Crippen molar-refractivity contribution in [3.8, 4) is 0 Å². The monoisotopic (exact) mass is 210 g/mol. The third-order valence-electron chi connectivity index (χ3n) is 2.34. The molecule has 0 heterocycles. The first kappa shape index (κ1) is 12.2. The van der Waals surface area contributed by atoms with Crippen molar-refractivity contribution in [1.29, 1.82) is 0 Å². The van der Waals surface area contributed by atoms with Crippen LogP contribution in [0.25, 0.3) is 0 Å². The summed E-state index contributed by atoms with van der Waals surface area (Å²) in [7, 11) is 0. The van der Waals surface area contributed by atoms with Crippen LogP contribution in [0.2, 0.25) is 0 Å². The quantitative estimate of drug-likeness (QED) is 0.689. The molecule has 0 saturated carbocycles. The minimum Gasteiger partial charge on any atom is -0.394 e. The lowest BCUT2D eigenvalue weighted by molar-refractivity contribution is 0.0785. The van der Waals surface area contributed by atoms with Crippen molar-refractivity contribution in [2.24, 2.45) is 0 Å². The van der Waals surface area contributed by atoms with Crippen molar-refractivity contribution in [3.63, 3.8) is 0 Å². The SMILES string of the molecule is CC(C)(O)c1ccc(C[C@@H](O)CO)cc1. The van der Waals surface area contributed by atoms with Crippen LogP contribution in [-0.4, -0.2) is 28.0 Å². The van der Waals surface area contributed by atoms with Gasteiger partial charge >= 0.3 is 0 Å². The van der Waals surface area contributed by atoms with E-state index in [2.05, 4.69) is 0 Å². The Morgan fingerprint density at radius 1 is 1.20 bits per heavy atom. The van der Waals surface area contributed by atoms with E-state index in [9.17, 15) is 10.2 Å². The molecule has 3 heteroatoms. The summed E-state index contributed by atoms with van der Waals surface area (Å²) >= 11 is 0. The molecule has 3 N–H and O–H groups in total. The molecule has 1 aromatic rings. The molecule has 1 rings (SSSR count). The van der Waals surface area contributed by atoms with E-state index in [0.717, 1.165) is 11.1 Å². The van der Waals surface area contributed by atoms with Gasteiger partial charge in [0.2, 0.25) is 0 Å². The molecule has 0 aliphatic heterocycles. The molecule has 0 amide bonds. The van der Waals surface area contributed by atoms with Crippen LogP contribution in [0.5, 0.6) is 0 Å². The highest BCUT2D eigenvalue weighted by Gasteiger charge is 2.15. The maximum absolute atomic E-state index is 9.72. The lowest BCUT2D eigenvalue weighted by Gasteiger charge is -2.18. The topological polar surface area (TPSA) is 60.7 Å². The molecule has 15 heavy (non-hydrogen) atoms. The number of benzene rings is 1. The summed E-state index contributed by atoms with van der Waals surface area (Å²) in [4.78, 5) is 0. The molecular weight excluding hydrogens is 192 g/mol. The minimum absolute atomic E-state index is 0.229. The second-order valence-electron chi connectivity index (χ2n) is 4.30. The number of aliphatic hydroxyl groups excluding tert-OH is 2. The standard InChI is InChI=1S/C12H18O3/c1-12(2,15)10-5-3-9(4-6-10)7-11(14)8-13/h3-6,11,13-15H,7-8H2,1-2H3/t11-/m1/s1. The molecule has 84 valence electrons. The summed E-state index contributed by atoms with van der Waals surface area (Å²) in [5.74, 6) is 0. The number of hydrogen-bond acceptors (Lipinski definition) is 3. The zero-order chi connectivity index (χ0) is 11.5. The van der Waals surface area contributed by atoms with Crippen molar-refractivity contribution < 1.29 is 15.3 Å². The Kier molecular flexibility index (Phi) is 3.85. The van der Waals surface area contributed by atoms with Gasteiger partial charge in [-0.05, 0) is 25.0 Å². The summed E-state index contributed by atoms with van der Waals surface area (Å²) in [6.45, 7) is 3.22. The van der Waals surface area contributed by atoms with E-state index in [1.165, 1.54) is 0 Å². The number of rotatable bonds is 4. The van der Waals surface area contributed by atoms with Gasteiger partial charge in [0, 0.05) is 6.42 Å². The zero-order valence-electron chi connectivity index (χ0n) is 9.14. The Labute approximate surface area is 90.0 Å². The van der Waals surface area contributed by atoms with Gasteiger partial charge in [-0.15, -0.1) is 0 Å². The number of aliphatic hydroxyl groups is 3. The summed E-state index contributed by atoms with van der Waals surface area (Å²) < 4.78 is 0.